The molecule has 0 fully saturated rings. The molecule has 0 unspecified atom stereocenters. The summed E-state index contributed by atoms with van der Waals surface area (Å²) in [5, 5.41) is 1.04. The van der Waals surface area contributed by atoms with Gasteiger partial charge >= 0.3 is 0 Å². The second kappa shape index (κ2) is 5.80. The van der Waals surface area contributed by atoms with Crippen molar-refractivity contribution >= 4 is 43.2 Å². The molecule has 3 rings (SSSR count). The van der Waals surface area contributed by atoms with Crippen LogP contribution in [0.25, 0.3) is 21.8 Å². The van der Waals surface area contributed by atoms with Crippen molar-refractivity contribution in [1.29, 1.82) is 0 Å². The van der Waals surface area contributed by atoms with E-state index in [2.05, 4.69) is 50.9 Å². The highest BCUT2D eigenvalue weighted by Crippen LogP contribution is 2.38. The van der Waals surface area contributed by atoms with Gasteiger partial charge in [0.15, 0.2) is 0 Å². The summed E-state index contributed by atoms with van der Waals surface area (Å²) in [4.78, 5) is 6.06. The molecule has 0 amide bonds. The first kappa shape index (κ1) is 14.0. The summed E-state index contributed by atoms with van der Waals surface area (Å²) in [7, 11) is 0. The lowest BCUT2D eigenvalue weighted by molar-refractivity contribution is 1.36. The predicted molar refractivity (Wildman–Crippen MR) is 93.1 cm³/mol. The zero-order valence-electron chi connectivity index (χ0n) is 10.7. The average Bonchev–Trinajstić information content (AvgIpc) is 2.81. The number of nitrogens with zero attached hydrogens (tertiary/aromatic N) is 1. The summed E-state index contributed by atoms with van der Waals surface area (Å²) >= 11 is 8.92. The van der Waals surface area contributed by atoms with E-state index in [0.29, 0.717) is 0 Å². The molecule has 0 saturated heterocycles. The van der Waals surface area contributed by atoms with Crippen LogP contribution >= 0.6 is 43.2 Å². The molecule has 3 aromatic rings. The Morgan fingerprint density at radius 3 is 2.00 bits per heavy atom. The number of hydrogen-bond acceptors (Lipinski definition) is 2. The number of aromatic nitrogens is 1. The zero-order valence-corrected chi connectivity index (χ0v) is 14.7. The van der Waals surface area contributed by atoms with E-state index >= 15 is 0 Å². The third-order valence-electron chi connectivity index (χ3n) is 3.03. The summed E-state index contributed by atoms with van der Waals surface area (Å²) in [5.74, 6) is 0. The Labute approximate surface area is 139 Å². The van der Waals surface area contributed by atoms with Gasteiger partial charge in [0.2, 0.25) is 0 Å². The summed E-state index contributed by atoms with van der Waals surface area (Å²) in [6, 6.07) is 16.4. The molecule has 0 aliphatic rings. The lowest BCUT2D eigenvalue weighted by atomic mass is 10.1. The highest BCUT2D eigenvalue weighted by molar-refractivity contribution is 9.11. The average molecular weight is 409 g/mol. The Bertz CT molecular complexity index is 765. The van der Waals surface area contributed by atoms with Gasteiger partial charge in [-0.15, -0.1) is 11.3 Å². The van der Waals surface area contributed by atoms with E-state index in [-0.39, 0.29) is 0 Å². The van der Waals surface area contributed by atoms with Crippen molar-refractivity contribution in [2.45, 2.75) is 6.92 Å². The maximum Gasteiger partial charge on any atom is 0.125 e. The first-order valence-corrected chi connectivity index (χ1v) is 8.54. The van der Waals surface area contributed by atoms with Gasteiger partial charge in [-0.3, -0.25) is 0 Å². The second-order valence-electron chi connectivity index (χ2n) is 4.38. The van der Waals surface area contributed by atoms with Gasteiger partial charge in [0.05, 0.1) is 5.69 Å². The third kappa shape index (κ3) is 2.60. The molecule has 0 atom stereocenters. The monoisotopic (exact) mass is 407 g/mol. The van der Waals surface area contributed by atoms with Crippen molar-refractivity contribution in [2.75, 3.05) is 0 Å². The van der Waals surface area contributed by atoms with Gasteiger partial charge in [-0.1, -0.05) is 68.3 Å². The molecule has 1 aromatic heterocycles. The smallest absolute Gasteiger partial charge is 0.125 e. The van der Waals surface area contributed by atoms with Gasteiger partial charge in [0.25, 0.3) is 0 Å². The Hall–Kier alpha value is -0.970. The molecule has 1 heterocycles. The van der Waals surface area contributed by atoms with E-state index in [1.807, 2.05) is 36.4 Å². The number of benzene rings is 2. The molecule has 0 aliphatic heterocycles. The Morgan fingerprint density at radius 2 is 1.40 bits per heavy atom. The largest absolute Gasteiger partial charge is 0.236 e. The van der Waals surface area contributed by atoms with E-state index in [1.54, 1.807) is 11.3 Å². The van der Waals surface area contributed by atoms with Crippen LogP contribution < -0.4 is 0 Å². The molecular weight excluding hydrogens is 398 g/mol. The van der Waals surface area contributed by atoms with E-state index in [0.717, 1.165) is 30.8 Å². The van der Waals surface area contributed by atoms with E-state index in [9.17, 15) is 0 Å². The normalized spacial score (nSPS) is 10.8. The molecule has 2 aromatic carbocycles. The fourth-order valence-corrected chi connectivity index (χ4v) is 4.09. The molecule has 0 radical (unpaired) electrons. The minimum Gasteiger partial charge on any atom is -0.236 e. The van der Waals surface area contributed by atoms with Crippen LogP contribution in [0.4, 0.5) is 0 Å². The topological polar surface area (TPSA) is 12.9 Å². The van der Waals surface area contributed by atoms with Gasteiger partial charge in [0, 0.05) is 24.9 Å². The first-order chi connectivity index (χ1) is 9.66. The van der Waals surface area contributed by atoms with Crippen LogP contribution in [-0.4, -0.2) is 4.98 Å². The van der Waals surface area contributed by atoms with Crippen molar-refractivity contribution in [3.8, 4) is 21.8 Å². The lowest BCUT2D eigenvalue weighted by Crippen LogP contribution is -1.83. The predicted octanol–water partition coefficient (Wildman–Crippen LogP) is 6.31. The fourth-order valence-electron chi connectivity index (χ4n) is 2.05. The molecule has 0 N–H and O–H groups in total. The number of halogens is 2. The van der Waals surface area contributed by atoms with Crippen LogP contribution in [0.15, 0.2) is 57.5 Å². The van der Waals surface area contributed by atoms with Crippen LogP contribution in [0, 0.1) is 6.92 Å². The SMILES string of the molecule is Cc1sc(-c2ccccc2Br)nc1-c1ccccc1Br. The summed E-state index contributed by atoms with van der Waals surface area (Å²) in [6.45, 7) is 2.12. The molecule has 4 heteroatoms. The fraction of sp³-hybridized carbons (Fsp3) is 0.0625. The Morgan fingerprint density at radius 1 is 0.850 bits per heavy atom. The van der Waals surface area contributed by atoms with Gasteiger partial charge in [0.1, 0.15) is 5.01 Å². The van der Waals surface area contributed by atoms with Gasteiger partial charge in [-0.05, 0) is 19.1 Å². The standard InChI is InChI=1S/C16H11Br2NS/c1-10-15(11-6-2-4-8-13(11)17)19-16(20-10)12-7-3-5-9-14(12)18/h2-9H,1H3. The van der Waals surface area contributed by atoms with Gasteiger partial charge in [-0.25, -0.2) is 4.98 Å². The number of rotatable bonds is 2. The Balaban J connectivity index is 2.13. The number of hydrogen-bond donors (Lipinski definition) is 0. The zero-order chi connectivity index (χ0) is 14.1. The Kier molecular flexibility index (Phi) is 4.06. The van der Waals surface area contributed by atoms with Crippen molar-refractivity contribution in [3.05, 3.63) is 62.4 Å². The van der Waals surface area contributed by atoms with Crippen LogP contribution in [0.3, 0.4) is 0 Å². The molecule has 20 heavy (non-hydrogen) atoms. The molecule has 0 bridgehead atoms. The minimum atomic E-state index is 1.04. The molecule has 100 valence electrons. The maximum atomic E-state index is 4.83. The lowest BCUT2D eigenvalue weighted by Gasteiger charge is -2.01. The quantitative estimate of drug-likeness (QED) is 0.484. The van der Waals surface area contributed by atoms with Gasteiger partial charge in [-0.2, -0.15) is 0 Å². The summed E-state index contributed by atoms with van der Waals surface area (Å²) in [5.41, 5.74) is 3.33. The van der Waals surface area contributed by atoms with Gasteiger partial charge < -0.3 is 0 Å². The minimum absolute atomic E-state index is 1.04. The third-order valence-corrected chi connectivity index (χ3v) is 5.42. The van der Waals surface area contributed by atoms with Crippen LogP contribution in [-0.2, 0) is 0 Å². The van der Waals surface area contributed by atoms with Crippen molar-refractivity contribution in [1.82, 2.24) is 4.98 Å². The van der Waals surface area contributed by atoms with Crippen LogP contribution in [0.1, 0.15) is 4.88 Å². The second-order valence-corrected chi connectivity index (χ2v) is 7.30. The van der Waals surface area contributed by atoms with Crippen molar-refractivity contribution in [3.63, 3.8) is 0 Å². The van der Waals surface area contributed by atoms with E-state index < -0.39 is 0 Å². The molecule has 0 aliphatic carbocycles. The van der Waals surface area contributed by atoms with E-state index in [4.69, 9.17) is 4.98 Å². The van der Waals surface area contributed by atoms with Crippen molar-refractivity contribution < 1.29 is 0 Å². The number of aryl methyl sites for hydroxylation is 1. The molecule has 0 saturated carbocycles. The highest BCUT2D eigenvalue weighted by Gasteiger charge is 2.14. The first-order valence-electron chi connectivity index (χ1n) is 6.14. The molecule has 0 spiro atoms. The summed E-state index contributed by atoms with van der Waals surface area (Å²) in [6.07, 6.45) is 0. The maximum absolute atomic E-state index is 4.83. The number of thiazole rings is 1. The van der Waals surface area contributed by atoms with E-state index in [1.165, 1.54) is 4.88 Å². The highest BCUT2D eigenvalue weighted by atomic mass is 79.9. The molecular formula is C16H11Br2NS. The van der Waals surface area contributed by atoms with Crippen LogP contribution in [0.2, 0.25) is 0 Å². The summed E-state index contributed by atoms with van der Waals surface area (Å²) < 4.78 is 2.15. The van der Waals surface area contributed by atoms with Crippen molar-refractivity contribution in [2.24, 2.45) is 0 Å². The molecule has 1 nitrogen and oxygen atoms in total. The van der Waals surface area contributed by atoms with Crippen LogP contribution in [0.5, 0.6) is 0 Å².